The number of ether oxygens (including phenoxy) is 1. The largest absolute Gasteiger partial charge is 0.464 e. The molecule has 1 saturated carbocycles. The van der Waals surface area contributed by atoms with Gasteiger partial charge in [0.2, 0.25) is 11.8 Å². The Kier molecular flexibility index (Phi) is 13.0. The van der Waals surface area contributed by atoms with Gasteiger partial charge in [-0.2, -0.15) is 0 Å². The van der Waals surface area contributed by atoms with Crippen LogP contribution < -0.4 is 10.6 Å². The van der Waals surface area contributed by atoms with Gasteiger partial charge >= 0.3 is 5.97 Å². The van der Waals surface area contributed by atoms with Crippen molar-refractivity contribution in [2.75, 3.05) is 19.8 Å². The highest BCUT2D eigenvalue weighted by Gasteiger charge is 2.35. The maximum absolute atomic E-state index is 12.7. The van der Waals surface area contributed by atoms with Crippen LogP contribution >= 0.6 is 0 Å². The van der Waals surface area contributed by atoms with Crippen molar-refractivity contribution in [2.24, 2.45) is 11.8 Å². The molecular weight excluding hydrogens is 456 g/mol. The fourth-order valence-corrected chi connectivity index (χ4v) is 4.73. The molecule has 0 bridgehead atoms. The number of aliphatic hydroxyl groups excluding tert-OH is 1. The number of hydrogen-bond acceptors (Lipinski definition) is 5. The fraction of sp³-hybridized carbons (Fsp3) is 0.552. The van der Waals surface area contributed by atoms with Gasteiger partial charge in [0.05, 0.1) is 30.5 Å². The summed E-state index contributed by atoms with van der Waals surface area (Å²) in [6, 6.07) is 9.85. The number of rotatable bonds is 17. The van der Waals surface area contributed by atoms with Crippen molar-refractivity contribution in [1.82, 2.24) is 10.6 Å². The molecule has 0 spiro atoms. The van der Waals surface area contributed by atoms with E-state index in [2.05, 4.69) is 23.8 Å². The molecule has 2 amide bonds. The van der Waals surface area contributed by atoms with Crippen LogP contribution in [0.3, 0.4) is 0 Å². The SMILES string of the molecule is C=CCCC[C@H](Cc1ccccc1)C(=O)OCCNC(=O)[C@@H](CC=C)CC(=O)NC1(CO)CCCC1. The summed E-state index contributed by atoms with van der Waals surface area (Å²) < 4.78 is 5.49. The minimum Gasteiger partial charge on any atom is -0.464 e. The van der Waals surface area contributed by atoms with Gasteiger partial charge in [-0.3, -0.25) is 14.4 Å². The highest BCUT2D eigenvalue weighted by atomic mass is 16.5. The third-order valence-corrected chi connectivity index (χ3v) is 6.79. The summed E-state index contributed by atoms with van der Waals surface area (Å²) in [5.74, 6) is -1.63. The van der Waals surface area contributed by atoms with Gasteiger partial charge in [-0.15, -0.1) is 13.2 Å². The summed E-state index contributed by atoms with van der Waals surface area (Å²) in [6.45, 7) is 7.59. The average Bonchev–Trinajstić information content (AvgIpc) is 3.35. The van der Waals surface area contributed by atoms with Crippen LogP contribution in [-0.2, 0) is 25.5 Å². The Morgan fingerprint density at radius 1 is 1.08 bits per heavy atom. The first kappa shape index (κ1) is 29.3. The minimum absolute atomic E-state index is 0.0157. The topological polar surface area (TPSA) is 105 Å². The van der Waals surface area contributed by atoms with E-state index in [4.69, 9.17) is 4.74 Å². The van der Waals surface area contributed by atoms with E-state index in [-0.39, 0.29) is 49.9 Å². The molecule has 1 fully saturated rings. The van der Waals surface area contributed by atoms with Gasteiger partial charge in [0, 0.05) is 6.42 Å². The van der Waals surface area contributed by atoms with Gasteiger partial charge in [0.25, 0.3) is 0 Å². The molecule has 0 aromatic heterocycles. The zero-order valence-electron chi connectivity index (χ0n) is 21.4. The second-order valence-corrected chi connectivity index (χ2v) is 9.68. The van der Waals surface area contributed by atoms with Gasteiger partial charge in [0.15, 0.2) is 0 Å². The lowest BCUT2D eigenvalue weighted by molar-refractivity contribution is -0.149. The van der Waals surface area contributed by atoms with Crippen molar-refractivity contribution < 1.29 is 24.2 Å². The van der Waals surface area contributed by atoms with Crippen LogP contribution in [0.15, 0.2) is 55.6 Å². The number of carbonyl (C=O) groups excluding carboxylic acids is 3. The predicted octanol–water partition coefficient (Wildman–Crippen LogP) is 3.86. The number of hydrogen-bond donors (Lipinski definition) is 3. The predicted molar refractivity (Wildman–Crippen MR) is 141 cm³/mol. The summed E-state index contributed by atoms with van der Waals surface area (Å²) in [6.07, 6.45) is 10.3. The van der Waals surface area contributed by atoms with Crippen molar-refractivity contribution in [3.63, 3.8) is 0 Å². The van der Waals surface area contributed by atoms with Crippen LogP contribution in [0.1, 0.15) is 63.4 Å². The van der Waals surface area contributed by atoms with Gasteiger partial charge in [-0.05, 0) is 50.5 Å². The average molecular weight is 499 g/mol. The molecule has 2 rings (SSSR count). The van der Waals surface area contributed by atoms with Crippen molar-refractivity contribution in [2.45, 2.75) is 69.7 Å². The van der Waals surface area contributed by atoms with Crippen LogP contribution in [0.25, 0.3) is 0 Å². The van der Waals surface area contributed by atoms with Crippen LogP contribution in [0.5, 0.6) is 0 Å². The fourth-order valence-electron chi connectivity index (χ4n) is 4.73. The molecule has 198 valence electrons. The van der Waals surface area contributed by atoms with Crippen LogP contribution in [0, 0.1) is 11.8 Å². The normalized spacial score (nSPS) is 15.9. The molecular formula is C29H42N2O5. The zero-order chi connectivity index (χ0) is 26.2. The third kappa shape index (κ3) is 9.97. The van der Waals surface area contributed by atoms with Crippen molar-refractivity contribution in [3.05, 3.63) is 61.2 Å². The molecule has 0 aliphatic heterocycles. The molecule has 0 heterocycles. The Morgan fingerprint density at radius 2 is 1.81 bits per heavy atom. The van der Waals surface area contributed by atoms with Gasteiger partial charge < -0.3 is 20.5 Å². The summed E-state index contributed by atoms with van der Waals surface area (Å²) in [5.41, 5.74) is 0.514. The second kappa shape index (κ2) is 15.9. The van der Waals surface area contributed by atoms with Crippen LogP contribution in [0.2, 0.25) is 0 Å². The smallest absolute Gasteiger partial charge is 0.309 e. The molecule has 1 aromatic carbocycles. The second-order valence-electron chi connectivity index (χ2n) is 9.68. The van der Waals surface area contributed by atoms with Crippen LogP contribution in [-0.4, -0.2) is 48.2 Å². The van der Waals surface area contributed by atoms with E-state index in [9.17, 15) is 19.5 Å². The van der Waals surface area contributed by atoms with Crippen molar-refractivity contribution in [1.29, 1.82) is 0 Å². The molecule has 1 aliphatic carbocycles. The minimum atomic E-state index is -0.569. The monoisotopic (exact) mass is 498 g/mol. The van der Waals surface area contributed by atoms with Gasteiger partial charge in [-0.1, -0.05) is 55.3 Å². The first-order chi connectivity index (χ1) is 17.4. The Labute approximate surface area is 215 Å². The Bertz CT molecular complexity index is 848. The van der Waals surface area contributed by atoms with E-state index in [1.807, 2.05) is 36.4 Å². The summed E-state index contributed by atoms with van der Waals surface area (Å²) in [4.78, 5) is 38.0. The number of benzene rings is 1. The standard InChI is InChI=1S/C29H42N2O5/c1-3-5-7-15-25(20-23-13-8-6-9-14-23)28(35)36-19-18-30-27(34)24(12-4-2)21-26(33)31-29(22-32)16-10-11-17-29/h3-4,6,8-9,13-14,24-25,32H,1-2,5,7,10-12,15-22H2,(H,30,34)(H,31,33)/t24-,25+/m0/s1. The number of amides is 2. The maximum Gasteiger partial charge on any atom is 0.309 e. The quantitative estimate of drug-likeness (QED) is 0.172. The number of carbonyl (C=O) groups is 3. The van der Waals surface area contributed by atoms with E-state index < -0.39 is 11.5 Å². The lowest BCUT2D eigenvalue weighted by atomic mass is 9.94. The third-order valence-electron chi connectivity index (χ3n) is 6.79. The van der Waals surface area contributed by atoms with Crippen LogP contribution in [0.4, 0.5) is 0 Å². The maximum atomic E-state index is 12.7. The molecule has 2 atom stereocenters. The molecule has 1 aliphatic rings. The number of allylic oxidation sites excluding steroid dienone is 2. The molecule has 0 radical (unpaired) electrons. The Hall–Kier alpha value is -2.93. The van der Waals surface area contributed by atoms with E-state index in [0.717, 1.165) is 44.1 Å². The first-order valence-electron chi connectivity index (χ1n) is 13.0. The lowest BCUT2D eigenvalue weighted by Crippen LogP contribution is -2.50. The highest BCUT2D eigenvalue weighted by Crippen LogP contribution is 2.29. The molecule has 1 aromatic rings. The van der Waals surface area contributed by atoms with Gasteiger partial charge in [0.1, 0.15) is 6.61 Å². The molecule has 36 heavy (non-hydrogen) atoms. The van der Waals surface area contributed by atoms with Crippen molar-refractivity contribution >= 4 is 17.8 Å². The summed E-state index contributed by atoms with van der Waals surface area (Å²) in [5, 5.41) is 15.4. The number of nitrogens with one attached hydrogen (secondary N) is 2. The number of aliphatic hydroxyl groups is 1. The number of esters is 1. The molecule has 7 nitrogen and oxygen atoms in total. The number of unbranched alkanes of at least 4 members (excludes halogenated alkanes) is 1. The van der Waals surface area contributed by atoms with E-state index >= 15 is 0 Å². The first-order valence-corrected chi connectivity index (χ1v) is 13.0. The molecule has 7 heteroatoms. The molecule has 0 unspecified atom stereocenters. The van der Waals surface area contributed by atoms with Gasteiger partial charge in [-0.25, -0.2) is 0 Å². The molecule has 3 N–H and O–H groups in total. The van der Waals surface area contributed by atoms with E-state index in [1.165, 1.54) is 0 Å². The van der Waals surface area contributed by atoms with Crippen molar-refractivity contribution in [3.8, 4) is 0 Å². The Morgan fingerprint density at radius 3 is 2.44 bits per heavy atom. The summed E-state index contributed by atoms with van der Waals surface area (Å²) >= 11 is 0. The Balaban J connectivity index is 1.81. The zero-order valence-corrected chi connectivity index (χ0v) is 21.4. The van der Waals surface area contributed by atoms with E-state index in [0.29, 0.717) is 19.3 Å². The lowest BCUT2D eigenvalue weighted by Gasteiger charge is -2.28. The summed E-state index contributed by atoms with van der Waals surface area (Å²) in [7, 11) is 0. The highest BCUT2D eigenvalue weighted by molar-refractivity contribution is 5.86. The van der Waals surface area contributed by atoms with E-state index in [1.54, 1.807) is 6.08 Å². The molecule has 0 saturated heterocycles.